The van der Waals surface area contributed by atoms with E-state index in [1.165, 1.54) is 83.5 Å². The van der Waals surface area contributed by atoms with Gasteiger partial charge in [0.2, 0.25) is 5.91 Å². The van der Waals surface area contributed by atoms with Gasteiger partial charge in [-0.05, 0) is 33.9 Å². The Hall–Kier alpha value is -0.830. The zero-order valence-electron chi connectivity index (χ0n) is 20.1. The zero-order chi connectivity index (χ0) is 21.5. The van der Waals surface area contributed by atoms with Crippen molar-refractivity contribution in [1.29, 1.82) is 0 Å². The van der Waals surface area contributed by atoms with Crippen LogP contribution in [-0.2, 0) is 4.79 Å². The molecule has 0 rings (SSSR count). The number of carbonyl (C=O) groups is 1. The molecule has 0 aromatic rings. The van der Waals surface area contributed by atoms with Crippen molar-refractivity contribution in [2.75, 3.05) is 27.2 Å². The fraction of sp³-hybridized carbons (Fsp3) is 0.880. The molecule has 0 saturated heterocycles. The maximum atomic E-state index is 12.0. The van der Waals surface area contributed by atoms with Crippen molar-refractivity contribution < 1.29 is 4.79 Å². The van der Waals surface area contributed by atoms with Gasteiger partial charge in [0.05, 0.1) is 0 Å². The first kappa shape index (κ1) is 29.4. The number of nitrogens with one attached hydrogen (secondary N) is 1. The molecule has 0 unspecified atom stereocenters. The average molecular weight is 397 g/mol. The van der Waals surface area contributed by atoms with Gasteiger partial charge in [0.25, 0.3) is 0 Å². The molecular weight excluding hydrogens is 344 g/mol. The summed E-state index contributed by atoms with van der Waals surface area (Å²) in [6.45, 7) is 11.8. The first-order chi connectivity index (χ1) is 13.5. The summed E-state index contributed by atoms with van der Waals surface area (Å²) in [4.78, 5) is 14.0. The van der Waals surface area contributed by atoms with Crippen LogP contribution in [-0.4, -0.2) is 38.0 Å². The summed E-state index contributed by atoms with van der Waals surface area (Å²) in [6, 6.07) is 0. The van der Waals surface area contributed by atoms with Crippen LogP contribution in [0.25, 0.3) is 0 Å². The monoisotopic (exact) mass is 396 g/mol. The second-order valence-corrected chi connectivity index (χ2v) is 8.17. The van der Waals surface area contributed by atoms with E-state index in [4.69, 9.17) is 0 Å². The third-order valence-corrected chi connectivity index (χ3v) is 4.93. The van der Waals surface area contributed by atoms with Gasteiger partial charge < -0.3 is 10.2 Å². The lowest BCUT2D eigenvalue weighted by Crippen LogP contribution is -2.33. The van der Waals surface area contributed by atoms with Gasteiger partial charge in [0.15, 0.2) is 0 Å². The number of rotatable bonds is 18. The van der Waals surface area contributed by atoms with Crippen LogP contribution in [0.2, 0.25) is 0 Å². The van der Waals surface area contributed by atoms with Crippen molar-refractivity contribution in [3.63, 3.8) is 0 Å². The van der Waals surface area contributed by atoms with Crippen LogP contribution in [0.4, 0.5) is 0 Å². The molecule has 0 radical (unpaired) electrons. The summed E-state index contributed by atoms with van der Waals surface area (Å²) in [5.41, 5.74) is 0.666. The van der Waals surface area contributed by atoms with Gasteiger partial charge in [-0.3, -0.25) is 4.79 Å². The van der Waals surface area contributed by atoms with Gasteiger partial charge in [-0.1, -0.05) is 104 Å². The fourth-order valence-electron chi connectivity index (χ4n) is 3.35. The third-order valence-electron chi connectivity index (χ3n) is 4.93. The van der Waals surface area contributed by atoms with E-state index in [1.54, 1.807) is 0 Å². The van der Waals surface area contributed by atoms with E-state index in [0.29, 0.717) is 5.57 Å². The number of hydrogen-bond donors (Lipinski definition) is 1. The van der Waals surface area contributed by atoms with Crippen LogP contribution in [0, 0.1) is 0 Å². The van der Waals surface area contributed by atoms with Gasteiger partial charge >= 0.3 is 0 Å². The Bertz CT molecular complexity index is 341. The molecule has 0 heterocycles. The van der Waals surface area contributed by atoms with Crippen molar-refractivity contribution in [1.82, 2.24) is 10.2 Å². The van der Waals surface area contributed by atoms with E-state index in [9.17, 15) is 4.79 Å². The van der Waals surface area contributed by atoms with Crippen molar-refractivity contribution in [3.05, 3.63) is 12.2 Å². The Morgan fingerprint density at radius 3 is 1.36 bits per heavy atom. The quantitative estimate of drug-likeness (QED) is 0.198. The summed E-state index contributed by atoms with van der Waals surface area (Å²) in [5.74, 6) is 0.136. The second kappa shape index (κ2) is 24.2. The van der Waals surface area contributed by atoms with Crippen LogP contribution in [0.15, 0.2) is 12.2 Å². The van der Waals surface area contributed by atoms with Gasteiger partial charge in [-0.15, -0.1) is 0 Å². The summed E-state index contributed by atoms with van der Waals surface area (Å²) in [5, 5.41) is 2.75. The number of hydrogen-bond acceptors (Lipinski definition) is 2. The van der Waals surface area contributed by atoms with Crippen LogP contribution in [0.3, 0.4) is 0 Å². The van der Waals surface area contributed by atoms with Crippen LogP contribution >= 0.6 is 0 Å². The summed E-state index contributed by atoms with van der Waals surface area (Å²) in [7, 11) is 3.75. The Balaban J connectivity index is 0. The van der Waals surface area contributed by atoms with Crippen LogP contribution in [0.5, 0.6) is 0 Å². The van der Waals surface area contributed by atoms with Crippen molar-refractivity contribution in [3.8, 4) is 0 Å². The topological polar surface area (TPSA) is 32.3 Å². The molecular formula is C25H52N2O. The maximum absolute atomic E-state index is 12.0. The molecule has 0 aromatic heterocycles. The Morgan fingerprint density at radius 1 is 0.679 bits per heavy atom. The molecule has 0 aliphatic heterocycles. The minimum Gasteiger partial charge on any atom is -0.339 e. The van der Waals surface area contributed by atoms with Crippen molar-refractivity contribution >= 4 is 5.91 Å². The minimum atomic E-state index is 0.136. The van der Waals surface area contributed by atoms with E-state index in [1.807, 2.05) is 25.9 Å². The predicted octanol–water partition coefficient (Wildman–Crippen LogP) is 7.12. The summed E-state index contributed by atoms with van der Waals surface area (Å²) >= 11 is 0. The molecule has 3 heteroatoms. The largest absolute Gasteiger partial charge is 0.339 e. The fourth-order valence-corrected chi connectivity index (χ4v) is 3.35. The van der Waals surface area contributed by atoms with Gasteiger partial charge in [0, 0.05) is 18.7 Å². The van der Waals surface area contributed by atoms with E-state index in [2.05, 4.69) is 25.7 Å². The lowest BCUT2D eigenvalue weighted by Gasteiger charge is -2.22. The smallest absolute Gasteiger partial charge is 0.248 e. The highest BCUT2D eigenvalue weighted by molar-refractivity contribution is 5.92. The Morgan fingerprint density at radius 2 is 1.04 bits per heavy atom. The number of carbonyl (C=O) groups excluding carboxylic acids is 1. The predicted molar refractivity (Wildman–Crippen MR) is 127 cm³/mol. The molecule has 0 saturated carbocycles. The van der Waals surface area contributed by atoms with E-state index in [0.717, 1.165) is 25.9 Å². The summed E-state index contributed by atoms with van der Waals surface area (Å²) < 4.78 is 0. The molecule has 0 bridgehead atoms. The normalized spacial score (nSPS) is 10.3. The Labute approximate surface area is 177 Å². The molecule has 28 heavy (non-hydrogen) atoms. The van der Waals surface area contributed by atoms with E-state index < -0.39 is 0 Å². The Kier molecular flexibility index (Phi) is 25.4. The lowest BCUT2D eigenvalue weighted by molar-refractivity contribution is -0.127. The highest BCUT2D eigenvalue weighted by Crippen LogP contribution is 2.13. The molecule has 1 amide bonds. The molecule has 0 aliphatic carbocycles. The van der Waals surface area contributed by atoms with Gasteiger partial charge in [0.1, 0.15) is 0 Å². The second-order valence-electron chi connectivity index (χ2n) is 8.17. The van der Waals surface area contributed by atoms with Crippen molar-refractivity contribution in [2.24, 2.45) is 0 Å². The minimum absolute atomic E-state index is 0.136. The number of nitrogens with zero attached hydrogens (tertiary/aromatic N) is 1. The molecule has 1 N–H and O–H groups in total. The molecule has 0 atom stereocenters. The van der Waals surface area contributed by atoms with Gasteiger partial charge in [-0.2, -0.15) is 0 Å². The van der Waals surface area contributed by atoms with Crippen LogP contribution < -0.4 is 5.32 Å². The number of unbranched alkanes of at least 4 members (excludes halogenated alkanes) is 13. The van der Waals surface area contributed by atoms with Gasteiger partial charge in [-0.25, -0.2) is 0 Å². The van der Waals surface area contributed by atoms with Crippen LogP contribution in [0.1, 0.15) is 117 Å². The van der Waals surface area contributed by atoms with E-state index >= 15 is 0 Å². The zero-order valence-corrected chi connectivity index (χ0v) is 20.1. The molecule has 168 valence electrons. The average Bonchev–Trinajstić information content (AvgIpc) is 2.67. The highest BCUT2D eigenvalue weighted by atomic mass is 16.2. The maximum Gasteiger partial charge on any atom is 0.248 e. The SMILES string of the molecule is C=C(C)C(=O)N(CCC)CCCCCCCCCCCCCCCC.CNC. The highest BCUT2D eigenvalue weighted by Gasteiger charge is 2.12. The molecule has 0 spiro atoms. The summed E-state index contributed by atoms with van der Waals surface area (Å²) in [6.07, 6.45) is 20.3. The first-order valence-electron chi connectivity index (χ1n) is 12.1. The molecule has 0 fully saturated rings. The van der Waals surface area contributed by atoms with E-state index in [-0.39, 0.29) is 5.91 Å². The number of amides is 1. The molecule has 0 aromatic carbocycles. The first-order valence-corrected chi connectivity index (χ1v) is 12.1. The molecule has 3 nitrogen and oxygen atoms in total. The molecule has 0 aliphatic rings. The third kappa shape index (κ3) is 21.5. The lowest BCUT2D eigenvalue weighted by atomic mass is 10.0. The standard InChI is InChI=1S/C23H45NO.C2H7N/c1-5-7-8-9-10-11-12-13-14-15-16-17-18-19-21-24(20-6-2)23(25)22(3)4;1-3-2/h3,5-21H2,1-2,4H3;3H,1-2H3. The van der Waals surface area contributed by atoms with Crippen molar-refractivity contribution in [2.45, 2.75) is 117 Å².